The van der Waals surface area contributed by atoms with E-state index < -0.39 is 5.97 Å². The van der Waals surface area contributed by atoms with E-state index in [0.717, 1.165) is 5.69 Å². The Bertz CT molecular complexity index is 490. The van der Waals surface area contributed by atoms with E-state index in [1.807, 2.05) is 45.8 Å². The van der Waals surface area contributed by atoms with Gasteiger partial charge in [-0.2, -0.15) is 0 Å². The number of nitrogens with zero attached hydrogens (tertiary/aromatic N) is 1. The number of benzene rings is 1. The largest absolute Gasteiger partial charge is 0.452 e. The fourth-order valence-electron chi connectivity index (χ4n) is 1.58. The molecule has 20 heavy (non-hydrogen) atoms. The number of ether oxygens (including phenoxy) is 1. The van der Waals surface area contributed by atoms with Crippen LogP contribution >= 0.6 is 0 Å². The molecule has 0 radical (unpaired) electrons. The standard InChI is InChI=1S/C15H22N2O3/c1-15(2,3)16-13(18)10-20-14(19)11-7-6-8-12(9-11)17(4)5/h6-9H,10H2,1-5H3,(H,16,18). The molecule has 0 aliphatic carbocycles. The zero-order valence-electron chi connectivity index (χ0n) is 12.7. The predicted octanol–water partition coefficient (Wildman–Crippen LogP) is 1.82. The Morgan fingerprint density at radius 3 is 2.45 bits per heavy atom. The lowest BCUT2D eigenvalue weighted by Gasteiger charge is -2.20. The summed E-state index contributed by atoms with van der Waals surface area (Å²) >= 11 is 0. The molecule has 0 saturated carbocycles. The number of carbonyl (C=O) groups is 2. The van der Waals surface area contributed by atoms with Gasteiger partial charge in [0, 0.05) is 25.3 Å². The molecule has 1 aromatic carbocycles. The van der Waals surface area contributed by atoms with Gasteiger partial charge in [-0.1, -0.05) is 6.07 Å². The van der Waals surface area contributed by atoms with Crippen LogP contribution in [-0.4, -0.2) is 38.1 Å². The average Bonchev–Trinajstić information content (AvgIpc) is 2.34. The van der Waals surface area contributed by atoms with E-state index in [1.54, 1.807) is 18.2 Å². The molecule has 5 nitrogen and oxygen atoms in total. The fourth-order valence-corrected chi connectivity index (χ4v) is 1.58. The summed E-state index contributed by atoms with van der Waals surface area (Å²) in [4.78, 5) is 25.3. The number of amides is 1. The minimum absolute atomic E-state index is 0.276. The Hall–Kier alpha value is -2.04. The van der Waals surface area contributed by atoms with Crippen molar-refractivity contribution in [2.45, 2.75) is 26.3 Å². The van der Waals surface area contributed by atoms with Gasteiger partial charge in [-0.15, -0.1) is 0 Å². The van der Waals surface area contributed by atoms with Crippen LogP contribution < -0.4 is 10.2 Å². The number of nitrogens with one attached hydrogen (secondary N) is 1. The minimum Gasteiger partial charge on any atom is -0.452 e. The highest BCUT2D eigenvalue weighted by atomic mass is 16.5. The highest BCUT2D eigenvalue weighted by Crippen LogP contribution is 2.14. The topological polar surface area (TPSA) is 58.6 Å². The van der Waals surface area contributed by atoms with Crippen LogP contribution in [0.3, 0.4) is 0 Å². The molecule has 0 fully saturated rings. The van der Waals surface area contributed by atoms with Crippen LogP contribution in [0.25, 0.3) is 0 Å². The van der Waals surface area contributed by atoms with Crippen molar-refractivity contribution in [3.05, 3.63) is 29.8 Å². The van der Waals surface area contributed by atoms with Gasteiger partial charge in [0.1, 0.15) is 0 Å². The molecule has 0 spiro atoms. The Morgan fingerprint density at radius 1 is 1.25 bits per heavy atom. The molecule has 0 unspecified atom stereocenters. The lowest BCUT2D eigenvalue weighted by Crippen LogP contribution is -2.42. The van der Waals surface area contributed by atoms with Crippen molar-refractivity contribution < 1.29 is 14.3 Å². The molecule has 0 atom stereocenters. The molecule has 0 aliphatic rings. The van der Waals surface area contributed by atoms with E-state index in [9.17, 15) is 9.59 Å². The summed E-state index contributed by atoms with van der Waals surface area (Å²) in [6.07, 6.45) is 0. The Kier molecular flexibility index (Phi) is 5.13. The molecule has 5 heteroatoms. The quantitative estimate of drug-likeness (QED) is 0.854. The number of carbonyl (C=O) groups excluding carboxylic acids is 2. The van der Waals surface area contributed by atoms with Crippen LogP contribution in [-0.2, 0) is 9.53 Å². The summed E-state index contributed by atoms with van der Waals surface area (Å²) in [7, 11) is 3.78. The van der Waals surface area contributed by atoms with Crippen LogP contribution in [0.4, 0.5) is 5.69 Å². The van der Waals surface area contributed by atoms with Gasteiger partial charge >= 0.3 is 5.97 Å². The van der Waals surface area contributed by atoms with Crippen LogP contribution in [0.1, 0.15) is 31.1 Å². The van der Waals surface area contributed by atoms with E-state index in [4.69, 9.17) is 4.74 Å². The number of hydrogen-bond acceptors (Lipinski definition) is 4. The van der Waals surface area contributed by atoms with Crippen LogP contribution in [0.2, 0.25) is 0 Å². The molecular formula is C15H22N2O3. The van der Waals surface area contributed by atoms with Gasteiger partial charge in [0.15, 0.2) is 6.61 Å². The third-order valence-corrected chi connectivity index (χ3v) is 2.45. The normalized spacial score (nSPS) is 10.8. The van der Waals surface area contributed by atoms with Crippen molar-refractivity contribution in [3.8, 4) is 0 Å². The van der Waals surface area contributed by atoms with E-state index >= 15 is 0 Å². The lowest BCUT2D eigenvalue weighted by atomic mass is 10.1. The van der Waals surface area contributed by atoms with E-state index in [2.05, 4.69) is 5.32 Å². The Balaban J connectivity index is 2.59. The molecule has 1 aromatic rings. The maximum absolute atomic E-state index is 11.9. The summed E-state index contributed by atoms with van der Waals surface area (Å²) in [5, 5.41) is 2.73. The second-order valence-electron chi connectivity index (χ2n) is 5.82. The average molecular weight is 278 g/mol. The summed E-state index contributed by atoms with van der Waals surface area (Å²) in [6.45, 7) is 5.33. The highest BCUT2D eigenvalue weighted by molar-refractivity contribution is 5.92. The smallest absolute Gasteiger partial charge is 0.338 e. The molecule has 0 aromatic heterocycles. The van der Waals surface area contributed by atoms with Gasteiger partial charge in [0.05, 0.1) is 5.56 Å². The molecule has 1 amide bonds. The second-order valence-corrected chi connectivity index (χ2v) is 5.82. The first kappa shape index (κ1) is 16.0. The SMILES string of the molecule is CN(C)c1cccc(C(=O)OCC(=O)NC(C)(C)C)c1. The van der Waals surface area contributed by atoms with Crippen molar-refractivity contribution in [1.29, 1.82) is 0 Å². The third-order valence-electron chi connectivity index (χ3n) is 2.45. The molecule has 0 heterocycles. The second kappa shape index (κ2) is 6.41. The van der Waals surface area contributed by atoms with Crippen molar-refractivity contribution in [3.63, 3.8) is 0 Å². The first-order chi connectivity index (χ1) is 9.19. The van der Waals surface area contributed by atoms with Gasteiger partial charge in [-0.3, -0.25) is 4.79 Å². The van der Waals surface area contributed by atoms with Gasteiger partial charge < -0.3 is 15.0 Å². The number of rotatable bonds is 4. The Morgan fingerprint density at radius 2 is 1.90 bits per heavy atom. The van der Waals surface area contributed by atoms with E-state index in [0.29, 0.717) is 5.56 Å². The van der Waals surface area contributed by atoms with Gasteiger partial charge in [0.25, 0.3) is 5.91 Å². The first-order valence-electron chi connectivity index (χ1n) is 6.44. The third kappa shape index (κ3) is 5.30. The van der Waals surface area contributed by atoms with Crippen molar-refractivity contribution in [2.75, 3.05) is 25.6 Å². The number of esters is 1. The number of hydrogen-bond donors (Lipinski definition) is 1. The van der Waals surface area contributed by atoms with Gasteiger partial charge in [-0.25, -0.2) is 4.79 Å². The molecular weight excluding hydrogens is 256 g/mol. The zero-order chi connectivity index (χ0) is 15.3. The zero-order valence-corrected chi connectivity index (χ0v) is 12.7. The van der Waals surface area contributed by atoms with Crippen molar-refractivity contribution in [1.82, 2.24) is 5.32 Å². The minimum atomic E-state index is -0.502. The molecule has 0 aliphatic heterocycles. The summed E-state index contributed by atoms with van der Waals surface area (Å²) in [5.74, 6) is -0.813. The van der Waals surface area contributed by atoms with Gasteiger partial charge in [0.2, 0.25) is 0 Å². The highest BCUT2D eigenvalue weighted by Gasteiger charge is 2.16. The predicted molar refractivity (Wildman–Crippen MR) is 78.9 cm³/mol. The maximum atomic E-state index is 11.9. The lowest BCUT2D eigenvalue weighted by molar-refractivity contribution is -0.125. The van der Waals surface area contributed by atoms with Gasteiger partial charge in [-0.05, 0) is 39.0 Å². The number of anilines is 1. The van der Waals surface area contributed by atoms with Crippen LogP contribution in [0.15, 0.2) is 24.3 Å². The van der Waals surface area contributed by atoms with Crippen LogP contribution in [0, 0.1) is 0 Å². The van der Waals surface area contributed by atoms with E-state index in [1.165, 1.54) is 0 Å². The molecule has 110 valence electrons. The molecule has 1 rings (SSSR count). The van der Waals surface area contributed by atoms with Crippen molar-refractivity contribution in [2.24, 2.45) is 0 Å². The Labute approximate surface area is 119 Å². The van der Waals surface area contributed by atoms with Crippen LogP contribution in [0.5, 0.6) is 0 Å². The molecule has 0 saturated heterocycles. The molecule has 1 N–H and O–H groups in total. The van der Waals surface area contributed by atoms with Crippen molar-refractivity contribution >= 4 is 17.6 Å². The maximum Gasteiger partial charge on any atom is 0.338 e. The summed E-state index contributed by atoms with van der Waals surface area (Å²) in [5.41, 5.74) is 0.993. The first-order valence-corrected chi connectivity index (χ1v) is 6.44. The summed E-state index contributed by atoms with van der Waals surface area (Å²) in [6, 6.07) is 7.06. The summed E-state index contributed by atoms with van der Waals surface area (Å²) < 4.78 is 5.00. The van der Waals surface area contributed by atoms with E-state index in [-0.39, 0.29) is 18.1 Å². The monoisotopic (exact) mass is 278 g/mol. The molecule has 0 bridgehead atoms. The fraction of sp³-hybridized carbons (Fsp3) is 0.467.